The van der Waals surface area contributed by atoms with Gasteiger partial charge in [-0.2, -0.15) is 0 Å². The summed E-state index contributed by atoms with van der Waals surface area (Å²) >= 11 is 11.7. The Labute approximate surface area is 163 Å². The predicted octanol–water partition coefficient (Wildman–Crippen LogP) is 5.24. The fraction of sp³-hybridized carbons (Fsp3) is 0.300. The van der Waals surface area contributed by atoms with E-state index in [1.165, 1.54) is 0 Å². The number of halogens is 1. The van der Waals surface area contributed by atoms with Crippen molar-refractivity contribution in [2.45, 2.75) is 31.8 Å². The summed E-state index contributed by atoms with van der Waals surface area (Å²) in [5.41, 5.74) is 1.78. The first-order chi connectivity index (χ1) is 12.6. The molecule has 0 heterocycles. The van der Waals surface area contributed by atoms with Crippen molar-refractivity contribution in [3.63, 3.8) is 0 Å². The van der Waals surface area contributed by atoms with Crippen LogP contribution in [0, 0.1) is 0 Å². The molecular formula is C20H20ClNO3S. The molecule has 1 aliphatic carbocycles. The monoisotopic (exact) mass is 389 g/mol. The highest BCUT2D eigenvalue weighted by atomic mass is 35.5. The minimum absolute atomic E-state index is 0.00941. The van der Waals surface area contributed by atoms with Crippen LogP contribution in [0.5, 0.6) is 5.75 Å². The van der Waals surface area contributed by atoms with Crippen molar-refractivity contribution in [2.24, 2.45) is 0 Å². The van der Waals surface area contributed by atoms with Gasteiger partial charge in [0.05, 0.1) is 23.3 Å². The van der Waals surface area contributed by atoms with Crippen LogP contribution >= 0.6 is 23.8 Å². The van der Waals surface area contributed by atoms with Gasteiger partial charge in [-0.1, -0.05) is 36.0 Å². The molecule has 0 aliphatic heterocycles. The average molecular weight is 390 g/mol. The third-order valence-corrected chi connectivity index (χ3v) is 5.02. The molecule has 0 bridgehead atoms. The largest absolute Gasteiger partial charge is 0.496 e. The Balaban J connectivity index is 1.76. The fourth-order valence-electron chi connectivity index (χ4n) is 3.01. The van der Waals surface area contributed by atoms with E-state index >= 15 is 0 Å². The number of nitrogens with one attached hydrogen (secondary N) is 1. The molecule has 0 amide bonds. The standard InChI is InChI=1S/C20H20ClNO3S/c1-24-18-9-5-4-8-15(18)19(26)22-13-10-11-17(21)16(12-13)20(23)25-14-6-2-3-7-14/h4-5,8-12,14H,2-3,6-7H2,1H3,(H,22,26). The van der Waals surface area contributed by atoms with Crippen LogP contribution in [0.3, 0.4) is 0 Å². The van der Waals surface area contributed by atoms with Crippen LogP contribution in [0.4, 0.5) is 5.69 Å². The van der Waals surface area contributed by atoms with Crippen molar-refractivity contribution in [3.8, 4) is 5.75 Å². The zero-order chi connectivity index (χ0) is 18.5. The smallest absolute Gasteiger partial charge is 0.340 e. The van der Waals surface area contributed by atoms with E-state index in [1.54, 1.807) is 25.3 Å². The second kappa shape index (κ2) is 8.52. The van der Waals surface area contributed by atoms with Gasteiger partial charge in [0.1, 0.15) is 16.8 Å². The van der Waals surface area contributed by atoms with E-state index in [0.717, 1.165) is 31.2 Å². The van der Waals surface area contributed by atoms with Crippen molar-refractivity contribution >= 4 is 40.5 Å². The van der Waals surface area contributed by atoms with Crippen LogP contribution in [-0.4, -0.2) is 24.2 Å². The zero-order valence-corrected chi connectivity index (χ0v) is 16.0. The molecule has 1 fully saturated rings. The van der Waals surface area contributed by atoms with Gasteiger partial charge in [0.2, 0.25) is 0 Å². The van der Waals surface area contributed by atoms with Crippen molar-refractivity contribution < 1.29 is 14.3 Å². The molecule has 0 radical (unpaired) electrons. The first kappa shape index (κ1) is 18.7. The highest BCUT2D eigenvalue weighted by Crippen LogP contribution is 2.27. The highest BCUT2D eigenvalue weighted by Gasteiger charge is 2.22. The number of benzene rings is 2. The van der Waals surface area contributed by atoms with Crippen LogP contribution in [0.2, 0.25) is 5.02 Å². The normalized spacial score (nSPS) is 14.1. The highest BCUT2D eigenvalue weighted by molar-refractivity contribution is 7.81. The van der Waals surface area contributed by atoms with E-state index in [2.05, 4.69) is 5.32 Å². The lowest BCUT2D eigenvalue weighted by Gasteiger charge is -2.15. The van der Waals surface area contributed by atoms with Gasteiger partial charge in [0.25, 0.3) is 0 Å². The number of anilines is 1. The number of thiocarbonyl (C=S) groups is 1. The van der Waals surface area contributed by atoms with Gasteiger partial charge in [-0.3, -0.25) is 0 Å². The summed E-state index contributed by atoms with van der Waals surface area (Å²) in [6, 6.07) is 12.6. The van der Waals surface area contributed by atoms with Gasteiger partial charge >= 0.3 is 5.97 Å². The number of carbonyl (C=O) groups excluding carboxylic acids is 1. The van der Waals surface area contributed by atoms with Gasteiger partial charge < -0.3 is 14.8 Å². The van der Waals surface area contributed by atoms with Crippen LogP contribution in [0.25, 0.3) is 0 Å². The molecule has 2 aromatic rings. The molecule has 0 unspecified atom stereocenters. The van der Waals surface area contributed by atoms with Crippen molar-refractivity contribution in [3.05, 3.63) is 58.6 Å². The van der Waals surface area contributed by atoms with Gasteiger partial charge in [0, 0.05) is 5.69 Å². The average Bonchev–Trinajstić information content (AvgIpc) is 3.16. The van der Waals surface area contributed by atoms with E-state index in [0.29, 0.717) is 27.0 Å². The molecule has 6 heteroatoms. The minimum Gasteiger partial charge on any atom is -0.496 e. The molecule has 1 saturated carbocycles. The van der Waals surface area contributed by atoms with Crippen LogP contribution in [-0.2, 0) is 4.74 Å². The Morgan fingerprint density at radius 2 is 1.88 bits per heavy atom. The Morgan fingerprint density at radius 3 is 2.62 bits per heavy atom. The summed E-state index contributed by atoms with van der Waals surface area (Å²) in [6.45, 7) is 0. The molecule has 0 saturated heterocycles. The van der Waals surface area contributed by atoms with Gasteiger partial charge in [-0.15, -0.1) is 0 Å². The molecular weight excluding hydrogens is 370 g/mol. The SMILES string of the molecule is COc1ccccc1C(=S)Nc1ccc(Cl)c(C(=O)OC2CCCC2)c1. The molecule has 2 aromatic carbocycles. The third-order valence-electron chi connectivity index (χ3n) is 4.37. The fourth-order valence-corrected chi connectivity index (χ4v) is 3.49. The Hall–Kier alpha value is -2.11. The van der Waals surface area contributed by atoms with Crippen LogP contribution < -0.4 is 10.1 Å². The molecule has 3 rings (SSSR count). The molecule has 0 aromatic heterocycles. The van der Waals surface area contributed by atoms with Gasteiger partial charge in [-0.25, -0.2) is 4.79 Å². The van der Waals surface area contributed by atoms with Gasteiger partial charge in [0.15, 0.2) is 0 Å². The van der Waals surface area contributed by atoms with Crippen molar-refractivity contribution in [2.75, 3.05) is 12.4 Å². The zero-order valence-electron chi connectivity index (χ0n) is 14.5. The lowest BCUT2D eigenvalue weighted by atomic mass is 10.1. The topological polar surface area (TPSA) is 47.6 Å². The molecule has 4 nitrogen and oxygen atoms in total. The van der Waals surface area contributed by atoms with Crippen LogP contribution in [0.1, 0.15) is 41.6 Å². The number of esters is 1. The maximum Gasteiger partial charge on any atom is 0.340 e. The van der Waals surface area contributed by atoms with E-state index in [1.807, 2.05) is 24.3 Å². The van der Waals surface area contributed by atoms with Crippen molar-refractivity contribution in [1.29, 1.82) is 0 Å². The third kappa shape index (κ3) is 4.34. The van der Waals surface area contributed by atoms with E-state index in [-0.39, 0.29) is 6.10 Å². The summed E-state index contributed by atoms with van der Waals surface area (Å²) in [5.74, 6) is 0.286. The Kier molecular flexibility index (Phi) is 6.12. The number of methoxy groups -OCH3 is 1. The van der Waals surface area contributed by atoms with Gasteiger partial charge in [-0.05, 0) is 56.0 Å². The number of hydrogen-bond donors (Lipinski definition) is 1. The second-order valence-corrected chi connectivity index (χ2v) is 6.98. The Morgan fingerprint density at radius 1 is 1.15 bits per heavy atom. The van der Waals surface area contributed by atoms with E-state index in [4.69, 9.17) is 33.3 Å². The Bertz CT molecular complexity index is 818. The summed E-state index contributed by atoms with van der Waals surface area (Å²) in [6.07, 6.45) is 4.02. The number of para-hydroxylation sites is 1. The molecule has 26 heavy (non-hydrogen) atoms. The lowest BCUT2D eigenvalue weighted by Crippen LogP contribution is -2.16. The first-order valence-corrected chi connectivity index (χ1v) is 9.32. The summed E-state index contributed by atoms with van der Waals surface area (Å²) in [5, 5.41) is 3.50. The predicted molar refractivity (Wildman–Crippen MR) is 107 cm³/mol. The maximum atomic E-state index is 12.4. The van der Waals surface area contributed by atoms with E-state index in [9.17, 15) is 4.79 Å². The second-order valence-electron chi connectivity index (χ2n) is 6.16. The number of rotatable bonds is 5. The summed E-state index contributed by atoms with van der Waals surface area (Å²) in [4.78, 5) is 12.9. The summed E-state index contributed by atoms with van der Waals surface area (Å²) < 4.78 is 10.9. The quantitative estimate of drug-likeness (QED) is 0.560. The van der Waals surface area contributed by atoms with E-state index < -0.39 is 5.97 Å². The number of ether oxygens (including phenoxy) is 2. The first-order valence-electron chi connectivity index (χ1n) is 8.53. The number of hydrogen-bond acceptors (Lipinski definition) is 4. The summed E-state index contributed by atoms with van der Waals surface area (Å²) in [7, 11) is 1.60. The van der Waals surface area contributed by atoms with Crippen molar-refractivity contribution in [1.82, 2.24) is 0 Å². The number of carbonyl (C=O) groups is 1. The molecule has 0 spiro atoms. The maximum absolute atomic E-state index is 12.4. The lowest BCUT2D eigenvalue weighted by molar-refractivity contribution is 0.0318. The molecule has 136 valence electrons. The minimum atomic E-state index is -0.395. The molecule has 1 aliphatic rings. The molecule has 0 atom stereocenters. The molecule has 1 N–H and O–H groups in total. The van der Waals surface area contributed by atoms with Crippen LogP contribution in [0.15, 0.2) is 42.5 Å².